The summed E-state index contributed by atoms with van der Waals surface area (Å²) in [6.07, 6.45) is 2.07. The fraction of sp³-hybridized carbons (Fsp3) is 0.231. The molecular weight excluding hydrogens is 484 g/mol. The molecule has 1 fully saturated rings. The van der Waals surface area contributed by atoms with E-state index in [0.717, 1.165) is 12.8 Å². The number of carbonyl (C=O) groups excluding carboxylic acids is 1. The van der Waals surface area contributed by atoms with Gasteiger partial charge in [-0.25, -0.2) is 8.42 Å². The lowest BCUT2D eigenvalue weighted by Crippen LogP contribution is -2.32. The van der Waals surface area contributed by atoms with Crippen LogP contribution >= 0.6 is 0 Å². The van der Waals surface area contributed by atoms with Crippen molar-refractivity contribution in [2.45, 2.75) is 30.8 Å². The van der Waals surface area contributed by atoms with E-state index in [9.17, 15) is 18.0 Å². The summed E-state index contributed by atoms with van der Waals surface area (Å²) in [5, 5.41) is 3.00. The van der Waals surface area contributed by atoms with Gasteiger partial charge in [-0.05, 0) is 68.3 Å². The molecular formula is C26H24N2O7S. The molecule has 10 heteroatoms. The van der Waals surface area contributed by atoms with Crippen molar-refractivity contribution >= 4 is 32.6 Å². The maximum Gasteiger partial charge on any atom is 0.265 e. The maximum absolute atomic E-state index is 13.2. The van der Waals surface area contributed by atoms with Gasteiger partial charge in [0.25, 0.3) is 5.91 Å². The lowest BCUT2D eigenvalue weighted by atomic mass is 10.2. The molecule has 1 N–H and O–H groups in total. The van der Waals surface area contributed by atoms with Crippen molar-refractivity contribution in [3.8, 4) is 17.3 Å². The number of amides is 1. The van der Waals surface area contributed by atoms with Crippen molar-refractivity contribution in [2.24, 2.45) is 0 Å². The molecule has 0 spiro atoms. The zero-order valence-corrected chi connectivity index (χ0v) is 20.3. The molecule has 1 atom stereocenters. The van der Waals surface area contributed by atoms with E-state index < -0.39 is 27.5 Å². The number of rotatable bonds is 7. The topological polar surface area (TPSA) is 119 Å². The number of furan rings is 1. The highest BCUT2D eigenvalue weighted by atomic mass is 32.2. The van der Waals surface area contributed by atoms with Crippen molar-refractivity contribution in [1.82, 2.24) is 4.31 Å². The van der Waals surface area contributed by atoms with E-state index in [4.69, 9.17) is 13.6 Å². The van der Waals surface area contributed by atoms with Gasteiger partial charge in [0.05, 0.1) is 16.5 Å². The number of benzene rings is 2. The minimum Gasteiger partial charge on any atom is -0.473 e. The summed E-state index contributed by atoms with van der Waals surface area (Å²) in [6, 6.07) is 16.0. The molecule has 36 heavy (non-hydrogen) atoms. The molecule has 4 aromatic rings. The number of anilines is 1. The number of ether oxygens (including phenoxy) is 1. The normalized spacial score (nSPS) is 15.1. The largest absolute Gasteiger partial charge is 0.473 e. The lowest BCUT2D eigenvalue weighted by Gasteiger charge is -2.17. The molecule has 186 valence electrons. The first-order valence-corrected chi connectivity index (χ1v) is 13.0. The van der Waals surface area contributed by atoms with E-state index in [1.165, 1.54) is 41.8 Å². The van der Waals surface area contributed by atoms with Crippen LogP contribution in [0.5, 0.6) is 5.75 Å². The molecule has 3 heterocycles. The van der Waals surface area contributed by atoms with Gasteiger partial charge in [-0.2, -0.15) is 4.31 Å². The third kappa shape index (κ3) is 4.52. The van der Waals surface area contributed by atoms with Gasteiger partial charge < -0.3 is 18.9 Å². The Bertz CT molecular complexity index is 1550. The van der Waals surface area contributed by atoms with Crippen molar-refractivity contribution in [3.63, 3.8) is 0 Å². The van der Waals surface area contributed by atoms with Crippen LogP contribution in [0.15, 0.2) is 85.5 Å². The minimum atomic E-state index is -3.55. The lowest BCUT2D eigenvalue weighted by molar-refractivity contribution is -0.122. The average molecular weight is 509 g/mol. The number of nitrogens with one attached hydrogen (secondary N) is 1. The van der Waals surface area contributed by atoms with Crippen LogP contribution in [0.25, 0.3) is 22.5 Å². The van der Waals surface area contributed by atoms with Gasteiger partial charge in [0.1, 0.15) is 5.58 Å². The molecule has 1 amide bonds. The standard InChI is InChI=1S/C26H24N2O7S/c1-17(26(30)27-18-10-12-19(13-11-18)36(31,32)28-14-4-5-15-28)34-25-23(29)20-7-2-3-8-21(20)35-24(25)22-9-6-16-33-22/h2-3,6-13,16-17H,4-5,14-15H2,1H3,(H,27,30). The third-order valence-electron chi connectivity index (χ3n) is 5.99. The first-order chi connectivity index (χ1) is 17.3. The molecule has 5 rings (SSSR count). The second-order valence-corrected chi connectivity index (χ2v) is 10.4. The van der Waals surface area contributed by atoms with Crippen LogP contribution in [0.2, 0.25) is 0 Å². The Hall–Kier alpha value is -3.89. The maximum atomic E-state index is 13.2. The van der Waals surface area contributed by atoms with E-state index >= 15 is 0 Å². The Balaban J connectivity index is 1.36. The van der Waals surface area contributed by atoms with Gasteiger partial charge in [-0.15, -0.1) is 0 Å². The molecule has 1 aliphatic heterocycles. The molecule has 0 bridgehead atoms. The SMILES string of the molecule is CC(Oc1c(-c2ccco2)oc2ccccc2c1=O)C(=O)Nc1ccc(S(=O)(=O)N2CCCC2)cc1. The van der Waals surface area contributed by atoms with E-state index in [0.29, 0.717) is 29.7 Å². The number of sulfonamides is 1. The molecule has 0 aliphatic carbocycles. The van der Waals surface area contributed by atoms with E-state index in [-0.39, 0.29) is 22.2 Å². The Morgan fingerprint density at radius 3 is 2.44 bits per heavy atom. The van der Waals surface area contributed by atoms with Crippen LogP contribution in [-0.4, -0.2) is 37.8 Å². The smallest absolute Gasteiger partial charge is 0.265 e. The Kier molecular flexibility index (Phi) is 6.38. The van der Waals surface area contributed by atoms with Gasteiger partial charge >= 0.3 is 0 Å². The Morgan fingerprint density at radius 1 is 1.03 bits per heavy atom. The summed E-state index contributed by atoms with van der Waals surface area (Å²) < 4.78 is 44.0. The van der Waals surface area contributed by atoms with Crippen LogP contribution in [0.4, 0.5) is 5.69 Å². The van der Waals surface area contributed by atoms with Crippen molar-refractivity contribution < 1.29 is 26.8 Å². The molecule has 2 aromatic carbocycles. The predicted octanol–water partition coefficient (Wildman–Crippen LogP) is 4.24. The minimum absolute atomic E-state index is 0.0832. The number of hydrogen-bond acceptors (Lipinski definition) is 7. The highest BCUT2D eigenvalue weighted by Gasteiger charge is 2.27. The second kappa shape index (κ2) is 9.63. The zero-order valence-electron chi connectivity index (χ0n) is 19.5. The van der Waals surface area contributed by atoms with E-state index in [1.54, 1.807) is 36.4 Å². The fourth-order valence-corrected chi connectivity index (χ4v) is 5.58. The summed E-state index contributed by atoms with van der Waals surface area (Å²) >= 11 is 0. The van der Waals surface area contributed by atoms with Gasteiger partial charge in [0, 0.05) is 18.8 Å². The summed E-state index contributed by atoms with van der Waals surface area (Å²) in [4.78, 5) is 26.2. The quantitative estimate of drug-likeness (QED) is 0.396. The number of fused-ring (bicyclic) bond motifs is 1. The summed E-state index contributed by atoms with van der Waals surface area (Å²) in [5.74, 6) is -0.295. The van der Waals surface area contributed by atoms with E-state index in [1.807, 2.05) is 0 Å². The number of nitrogens with zero attached hydrogens (tertiary/aromatic N) is 1. The number of para-hydroxylation sites is 1. The van der Waals surface area contributed by atoms with Gasteiger partial charge in [0.2, 0.25) is 27.0 Å². The Labute approximate surface area is 207 Å². The molecule has 1 saturated heterocycles. The zero-order chi connectivity index (χ0) is 25.3. The molecule has 1 aliphatic rings. The van der Waals surface area contributed by atoms with Crippen molar-refractivity contribution in [1.29, 1.82) is 0 Å². The predicted molar refractivity (Wildman–Crippen MR) is 133 cm³/mol. The average Bonchev–Trinajstić information content (AvgIpc) is 3.61. The van der Waals surface area contributed by atoms with Crippen molar-refractivity contribution in [3.05, 3.63) is 77.2 Å². The number of carbonyl (C=O) groups is 1. The van der Waals surface area contributed by atoms with Crippen LogP contribution in [0.3, 0.4) is 0 Å². The molecule has 2 aromatic heterocycles. The molecule has 0 saturated carbocycles. The molecule has 1 unspecified atom stereocenters. The van der Waals surface area contributed by atoms with E-state index in [2.05, 4.69) is 5.32 Å². The van der Waals surface area contributed by atoms with Gasteiger partial charge in [0.15, 0.2) is 11.9 Å². The van der Waals surface area contributed by atoms with Crippen LogP contribution in [-0.2, 0) is 14.8 Å². The molecule has 0 radical (unpaired) electrons. The highest BCUT2D eigenvalue weighted by Crippen LogP contribution is 2.32. The fourth-order valence-electron chi connectivity index (χ4n) is 4.06. The third-order valence-corrected chi connectivity index (χ3v) is 7.90. The highest BCUT2D eigenvalue weighted by molar-refractivity contribution is 7.89. The Morgan fingerprint density at radius 2 is 1.75 bits per heavy atom. The first-order valence-electron chi connectivity index (χ1n) is 11.5. The van der Waals surface area contributed by atoms with Crippen LogP contribution < -0.4 is 15.5 Å². The van der Waals surface area contributed by atoms with Crippen LogP contribution in [0, 0.1) is 0 Å². The second-order valence-electron chi connectivity index (χ2n) is 8.45. The van der Waals surface area contributed by atoms with Crippen LogP contribution in [0.1, 0.15) is 19.8 Å². The number of hydrogen-bond donors (Lipinski definition) is 1. The summed E-state index contributed by atoms with van der Waals surface area (Å²) in [5.41, 5.74) is 0.328. The molecule has 9 nitrogen and oxygen atoms in total. The van der Waals surface area contributed by atoms with Crippen molar-refractivity contribution in [2.75, 3.05) is 18.4 Å². The monoisotopic (exact) mass is 508 g/mol. The van der Waals surface area contributed by atoms with Gasteiger partial charge in [-0.3, -0.25) is 9.59 Å². The summed E-state index contributed by atoms with van der Waals surface area (Å²) in [6.45, 7) is 2.53. The first kappa shape index (κ1) is 23.8. The summed E-state index contributed by atoms with van der Waals surface area (Å²) in [7, 11) is -3.55. The van der Waals surface area contributed by atoms with Gasteiger partial charge in [-0.1, -0.05) is 12.1 Å².